The molecule has 3 rings (SSSR count). The van der Waals surface area contributed by atoms with Gasteiger partial charge in [-0.25, -0.2) is 0 Å². The second-order valence-corrected chi connectivity index (χ2v) is 7.34. The number of hydrogen-bond donors (Lipinski definition) is 2. The number of thiophene rings is 1. The lowest BCUT2D eigenvalue weighted by molar-refractivity contribution is -0.122. The molecule has 6 nitrogen and oxygen atoms in total. The number of carbonyl (C=O) groups excluding carboxylic acids is 2. The molecule has 1 atom stereocenters. The summed E-state index contributed by atoms with van der Waals surface area (Å²) in [5.41, 5.74) is 1.80. The number of hydrogen-bond acceptors (Lipinski definition) is 5. The van der Waals surface area contributed by atoms with Crippen LogP contribution in [0.25, 0.3) is 0 Å². The Labute approximate surface area is 144 Å². The Morgan fingerprint density at radius 2 is 2.25 bits per heavy atom. The monoisotopic (exact) mass is 347 g/mol. The van der Waals surface area contributed by atoms with E-state index < -0.39 is 0 Å². The van der Waals surface area contributed by atoms with Gasteiger partial charge >= 0.3 is 0 Å². The number of amides is 1. The largest absolute Gasteiger partial charge is 0.393 e. The molecule has 0 aromatic carbocycles. The lowest BCUT2D eigenvalue weighted by Crippen LogP contribution is -2.41. The van der Waals surface area contributed by atoms with E-state index in [9.17, 15) is 14.7 Å². The zero-order valence-corrected chi connectivity index (χ0v) is 14.5. The van der Waals surface area contributed by atoms with Gasteiger partial charge in [0.1, 0.15) is 0 Å². The molecule has 24 heavy (non-hydrogen) atoms. The fourth-order valence-electron chi connectivity index (χ4n) is 3.04. The molecule has 1 saturated carbocycles. The van der Waals surface area contributed by atoms with E-state index in [1.807, 2.05) is 18.6 Å². The van der Waals surface area contributed by atoms with Gasteiger partial charge in [-0.15, -0.1) is 11.3 Å². The molecule has 1 aliphatic carbocycles. The predicted octanol–water partition coefficient (Wildman–Crippen LogP) is 1.86. The number of carbonyl (C=O) groups is 2. The van der Waals surface area contributed by atoms with E-state index in [1.165, 1.54) is 18.3 Å². The Balaban J connectivity index is 1.67. The lowest BCUT2D eigenvalue weighted by atomic mass is 9.75. The van der Waals surface area contributed by atoms with Crippen molar-refractivity contribution in [1.29, 1.82) is 0 Å². The van der Waals surface area contributed by atoms with E-state index in [4.69, 9.17) is 0 Å². The summed E-state index contributed by atoms with van der Waals surface area (Å²) < 4.78 is 1.71. The fraction of sp³-hybridized carbons (Fsp3) is 0.471. The first-order valence-corrected chi connectivity index (χ1v) is 8.84. The summed E-state index contributed by atoms with van der Waals surface area (Å²) >= 11 is 1.36. The molecular formula is C17H21N3O3S. The average molecular weight is 347 g/mol. The van der Waals surface area contributed by atoms with Crippen molar-refractivity contribution in [2.45, 2.75) is 38.3 Å². The van der Waals surface area contributed by atoms with Gasteiger partial charge in [-0.3, -0.25) is 14.3 Å². The van der Waals surface area contributed by atoms with Crippen molar-refractivity contribution >= 4 is 23.0 Å². The molecule has 2 N–H and O–H groups in total. The van der Waals surface area contributed by atoms with Crippen LogP contribution in [0, 0.1) is 5.92 Å². The van der Waals surface area contributed by atoms with Gasteiger partial charge in [0.25, 0.3) is 0 Å². The zero-order chi connectivity index (χ0) is 17.3. The van der Waals surface area contributed by atoms with Crippen LogP contribution in [0.3, 0.4) is 0 Å². The average Bonchev–Trinajstić information content (AvgIpc) is 3.11. The number of Topliss-reactive ketones (excluding diaryl/α,β-unsaturated/α-hetero) is 1. The molecule has 0 spiro atoms. The number of ketones is 1. The number of nitrogens with zero attached hydrogens (tertiary/aromatic N) is 2. The highest BCUT2D eigenvalue weighted by Crippen LogP contribution is 2.38. The van der Waals surface area contributed by atoms with Crippen LogP contribution in [-0.4, -0.2) is 32.7 Å². The molecule has 0 saturated heterocycles. The number of nitrogens with one attached hydrogen (secondary N) is 1. The summed E-state index contributed by atoms with van der Waals surface area (Å²) in [6.07, 6.45) is 5.00. The highest BCUT2D eigenvalue weighted by atomic mass is 32.1. The number of aromatic nitrogens is 2. The van der Waals surface area contributed by atoms with Crippen LogP contribution in [0.2, 0.25) is 0 Å². The summed E-state index contributed by atoms with van der Waals surface area (Å²) in [6, 6.07) is 1.64. The van der Waals surface area contributed by atoms with Crippen LogP contribution >= 0.6 is 11.3 Å². The highest BCUT2D eigenvalue weighted by Gasteiger charge is 2.36. The third kappa shape index (κ3) is 3.73. The van der Waals surface area contributed by atoms with Crippen LogP contribution in [0.5, 0.6) is 0 Å². The third-order valence-corrected chi connectivity index (χ3v) is 5.47. The molecule has 2 aromatic rings. The van der Waals surface area contributed by atoms with Crippen molar-refractivity contribution in [2.24, 2.45) is 13.0 Å². The van der Waals surface area contributed by atoms with Gasteiger partial charge < -0.3 is 10.4 Å². The molecule has 0 unspecified atom stereocenters. The number of rotatable bonds is 6. The van der Waals surface area contributed by atoms with Crippen molar-refractivity contribution in [3.63, 3.8) is 0 Å². The molecule has 2 heterocycles. The molecular weight excluding hydrogens is 326 g/mol. The van der Waals surface area contributed by atoms with E-state index in [0.29, 0.717) is 17.7 Å². The van der Waals surface area contributed by atoms with Gasteiger partial charge in [-0.1, -0.05) is 0 Å². The lowest BCUT2D eigenvalue weighted by Gasteiger charge is -2.37. The van der Waals surface area contributed by atoms with Crippen LogP contribution in [0.1, 0.15) is 46.6 Å². The number of aliphatic hydroxyl groups excluding tert-OH is 1. The second kappa shape index (κ2) is 6.86. The fourth-order valence-corrected chi connectivity index (χ4v) is 3.85. The van der Waals surface area contributed by atoms with Gasteiger partial charge in [-0.05, 0) is 42.7 Å². The first-order chi connectivity index (χ1) is 11.4. The molecule has 7 heteroatoms. The molecule has 0 bridgehead atoms. The van der Waals surface area contributed by atoms with Gasteiger partial charge in [0, 0.05) is 18.8 Å². The van der Waals surface area contributed by atoms with Crippen molar-refractivity contribution in [3.05, 3.63) is 39.8 Å². The van der Waals surface area contributed by atoms with Crippen LogP contribution < -0.4 is 5.32 Å². The SMILES string of the molecule is CC(=O)c1cc(CC(=O)N[C@@H](c2cnn(C)c2)C2CC(O)C2)cs1. The molecule has 2 aromatic heterocycles. The van der Waals surface area contributed by atoms with Gasteiger partial charge in [-0.2, -0.15) is 5.10 Å². The maximum atomic E-state index is 12.4. The minimum Gasteiger partial charge on any atom is -0.393 e. The quantitative estimate of drug-likeness (QED) is 0.781. The first-order valence-electron chi connectivity index (χ1n) is 7.96. The van der Waals surface area contributed by atoms with Crippen molar-refractivity contribution in [2.75, 3.05) is 0 Å². The Kier molecular flexibility index (Phi) is 4.82. The Hall–Kier alpha value is -1.99. The molecule has 0 radical (unpaired) electrons. The first kappa shape index (κ1) is 16.9. The van der Waals surface area contributed by atoms with E-state index in [-0.39, 0.29) is 36.2 Å². The maximum absolute atomic E-state index is 12.4. The van der Waals surface area contributed by atoms with Crippen molar-refractivity contribution < 1.29 is 14.7 Å². The van der Waals surface area contributed by atoms with Crippen LogP contribution in [0.15, 0.2) is 23.8 Å². The molecule has 1 fully saturated rings. The molecule has 1 aliphatic rings. The number of aliphatic hydroxyl groups is 1. The highest BCUT2D eigenvalue weighted by molar-refractivity contribution is 7.12. The van der Waals surface area contributed by atoms with Crippen molar-refractivity contribution in [3.8, 4) is 0 Å². The van der Waals surface area contributed by atoms with E-state index in [0.717, 1.165) is 11.1 Å². The Morgan fingerprint density at radius 3 is 2.79 bits per heavy atom. The number of aryl methyl sites for hydroxylation is 1. The normalized spacial score (nSPS) is 21.1. The van der Waals surface area contributed by atoms with Gasteiger partial charge in [0.2, 0.25) is 5.91 Å². The minimum absolute atomic E-state index is 0.0170. The molecule has 1 amide bonds. The topological polar surface area (TPSA) is 84.2 Å². The second-order valence-electron chi connectivity index (χ2n) is 6.43. The summed E-state index contributed by atoms with van der Waals surface area (Å²) in [7, 11) is 1.84. The summed E-state index contributed by atoms with van der Waals surface area (Å²) in [5.74, 6) is 0.157. The molecule has 0 aliphatic heterocycles. The predicted molar refractivity (Wildman–Crippen MR) is 90.9 cm³/mol. The third-order valence-electron chi connectivity index (χ3n) is 4.39. The van der Waals surface area contributed by atoms with Crippen molar-refractivity contribution in [1.82, 2.24) is 15.1 Å². The van der Waals surface area contributed by atoms with Gasteiger partial charge in [0.05, 0.1) is 29.6 Å². The molecule has 128 valence electrons. The Bertz CT molecular complexity index is 746. The van der Waals surface area contributed by atoms with E-state index in [2.05, 4.69) is 10.4 Å². The van der Waals surface area contributed by atoms with E-state index in [1.54, 1.807) is 16.9 Å². The smallest absolute Gasteiger partial charge is 0.224 e. The summed E-state index contributed by atoms with van der Waals surface area (Å²) in [5, 5.41) is 18.7. The van der Waals surface area contributed by atoms with E-state index >= 15 is 0 Å². The maximum Gasteiger partial charge on any atom is 0.224 e. The standard InChI is InChI=1S/C17H21N3O3S/c1-10(21)15-3-11(9-24-15)4-16(23)19-17(12-5-14(22)6-12)13-7-18-20(2)8-13/h3,7-9,12,14,17,22H,4-6H2,1-2H3,(H,19,23)/t12?,14?,17-/m1/s1. The van der Waals surface area contributed by atoms with Gasteiger partial charge in [0.15, 0.2) is 5.78 Å². The summed E-state index contributed by atoms with van der Waals surface area (Å²) in [6.45, 7) is 1.52. The van der Waals surface area contributed by atoms with Crippen LogP contribution in [0.4, 0.5) is 0 Å². The minimum atomic E-state index is -0.277. The summed E-state index contributed by atoms with van der Waals surface area (Å²) in [4.78, 5) is 24.5. The Morgan fingerprint density at radius 1 is 1.50 bits per heavy atom. The zero-order valence-electron chi connectivity index (χ0n) is 13.7. The van der Waals surface area contributed by atoms with Crippen LogP contribution in [-0.2, 0) is 18.3 Å².